The number of nitrogens with zero attached hydrogens (tertiary/aromatic N) is 9. The Kier molecular flexibility index (Phi) is 28.1. The molecule has 0 radical (unpaired) electrons. The first-order valence-corrected chi connectivity index (χ1v) is 36.9. The average Bonchev–Trinajstić information content (AvgIpc) is 1.48. The number of aryl methyl sites for hydroxylation is 1. The van der Waals surface area contributed by atoms with Crippen LogP contribution in [0.1, 0.15) is 145 Å². The van der Waals surface area contributed by atoms with Crippen molar-refractivity contribution in [2.45, 2.75) is 214 Å². The maximum Gasteiger partial charge on any atom is 0.417 e. The van der Waals surface area contributed by atoms with E-state index in [9.17, 15) is 68.3 Å². The van der Waals surface area contributed by atoms with Crippen molar-refractivity contribution < 1.29 is 102 Å². The molecule has 108 heavy (non-hydrogen) atoms. The molecule has 2 aliphatic carbocycles. The van der Waals surface area contributed by atoms with Gasteiger partial charge < -0.3 is 64.8 Å². The molecule has 35 heteroatoms. The van der Waals surface area contributed by atoms with E-state index < -0.39 is 216 Å². The summed E-state index contributed by atoms with van der Waals surface area (Å²) in [4.78, 5) is 188. The zero-order valence-corrected chi connectivity index (χ0v) is 62.9. The Labute approximate surface area is 626 Å². The van der Waals surface area contributed by atoms with Crippen molar-refractivity contribution in [3.8, 4) is 0 Å². The molecule has 2 saturated carbocycles. The van der Waals surface area contributed by atoms with E-state index in [-0.39, 0.29) is 75.8 Å². The first-order chi connectivity index (χ1) is 50.6. The summed E-state index contributed by atoms with van der Waals surface area (Å²) in [5.74, 6) is -13.1. The van der Waals surface area contributed by atoms with E-state index in [0.29, 0.717) is 56.3 Å². The van der Waals surface area contributed by atoms with Gasteiger partial charge in [0.2, 0.25) is 70.9 Å². The molecular weight excluding hydrogens is 1460 g/mol. The molecule has 2 aromatic carbocycles. The summed E-state index contributed by atoms with van der Waals surface area (Å²) in [6, 6.07) is -6.45. The molecule has 4 heterocycles. The summed E-state index contributed by atoms with van der Waals surface area (Å²) in [6.45, 7) is 0.604. The number of nitrogens with one attached hydrogen (secondary N) is 3. The summed E-state index contributed by atoms with van der Waals surface area (Å²) >= 11 is 6.12. The van der Waals surface area contributed by atoms with E-state index in [1.807, 2.05) is 0 Å². The van der Waals surface area contributed by atoms with Crippen LogP contribution in [0.15, 0.2) is 42.5 Å². The summed E-state index contributed by atoms with van der Waals surface area (Å²) in [5.41, 5.74) is -3.68. The minimum atomic E-state index is -5.16. The van der Waals surface area contributed by atoms with Gasteiger partial charge in [0.05, 0.1) is 73.9 Å². The molecule has 1 spiro atoms. The molecule has 6 fully saturated rings. The molecule has 2 bridgehead atoms. The van der Waals surface area contributed by atoms with Crippen molar-refractivity contribution in [3.63, 3.8) is 0 Å². The topological polar surface area (TPSA) is 279 Å². The quantitative estimate of drug-likeness (QED) is 0.231. The normalized spacial score (nSPS) is 26.8. The number of halogens is 10. The fourth-order valence-electron chi connectivity index (χ4n) is 15.7. The lowest BCUT2D eigenvalue weighted by molar-refractivity contribution is -0.164. The molecule has 4 saturated heterocycles. The van der Waals surface area contributed by atoms with E-state index in [1.54, 1.807) is 6.92 Å². The lowest BCUT2D eigenvalue weighted by atomic mass is 9.81. The van der Waals surface area contributed by atoms with Gasteiger partial charge in [-0.1, -0.05) is 82.2 Å². The van der Waals surface area contributed by atoms with Gasteiger partial charge in [0.15, 0.2) is 0 Å². The van der Waals surface area contributed by atoms with Crippen molar-refractivity contribution >= 4 is 82.5 Å². The Balaban J connectivity index is 1.20. The van der Waals surface area contributed by atoms with E-state index in [2.05, 4.69) is 16.0 Å². The van der Waals surface area contributed by atoms with Gasteiger partial charge in [-0.25, -0.2) is 0 Å². The number of rotatable bonds is 10. The van der Waals surface area contributed by atoms with Gasteiger partial charge in [-0.15, -0.1) is 0 Å². The highest BCUT2D eigenvalue weighted by molar-refractivity contribution is 6.31. The summed E-state index contributed by atoms with van der Waals surface area (Å²) in [7, 11) is 8.09. The number of ether oxygens (including phenoxy) is 1. The van der Waals surface area contributed by atoms with Crippen molar-refractivity contribution in [2.75, 3.05) is 88.7 Å². The Morgan fingerprint density at radius 2 is 1.20 bits per heavy atom. The standard InChI is InChI=1S/C73H98ClF9N12O13/c1-10-42(2)60-67(105)89(5)38-58(98)87(3)39-59(99)90(6)53(34-44-20-24-46(25-21-44)72(78,79)80)65(103)88(4)37-56(96)84-51(29-23-43-22-28-49(50(74)33-43)73(81,82)83)64(102)94-32-16-19-52(94)63(101)86-70(30-14-15-31-70)69(107)93(9)61(45-17-12-11-13-18-45)68(106)92(8)54(66(104)95-47-26-27-48(95)41-108-40-47)35-57(97)91(7)55(62(100)85-60)36-71(75,76)77/h20-22,24-25,28,33,42,45,47-48,51-55,60-61H,10-19,23,26-27,29-32,34-41H2,1-9H3,(H,84,96)(H,85,100)(H,86,101)/t42-,47?,48?,51-,52?,53-,54-,55-,60-,61-/m0/s1. The number of likely N-dealkylation sites (N-methyl/N-ethyl adjacent to an activating group) is 7. The second-order valence-electron chi connectivity index (χ2n) is 29.8. The molecule has 3 N–H and O–H groups in total. The van der Waals surface area contributed by atoms with Crippen LogP contribution in [0.4, 0.5) is 39.5 Å². The van der Waals surface area contributed by atoms with Gasteiger partial charge in [-0.3, -0.25) is 57.5 Å². The fraction of sp³-hybridized carbons (Fsp3) is 0.671. The van der Waals surface area contributed by atoms with Gasteiger partial charge >= 0.3 is 18.5 Å². The number of morpholine rings is 1. The van der Waals surface area contributed by atoms with E-state index in [1.165, 1.54) is 35.7 Å². The SMILES string of the molecule is CC[C@H](C)[C@@H]1NC(=O)[C@H](CC(F)(F)F)N(C)C(=O)C[C@@H](C(=O)N2C3CCC2COC3)N(C)C(=O)[C@H](C2CCCCC2)N(C)C(=O)C2(CCCC2)NC(=O)C2CCCN2C(=O)[C@H](CCc2ccc(C(F)(F)F)c(Cl)c2)NC(=O)CN(C)C(=O)[C@H](Cc2ccc(C(F)(F)F)cc2)N(C)C(=O)CN(C)C(=O)CN(C)C1=O. The molecule has 8 rings (SSSR count). The number of hydrogen-bond acceptors (Lipinski definition) is 13. The number of hydrogen-bond donors (Lipinski definition) is 3. The first-order valence-electron chi connectivity index (χ1n) is 36.6. The van der Waals surface area contributed by atoms with Gasteiger partial charge in [0.1, 0.15) is 47.8 Å². The maximum atomic E-state index is 15.9. The molecule has 0 aromatic heterocycles. The van der Waals surface area contributed by atoms with Gasteiger partial charge in [0, 0.05) is 62.3 Å². The van der Waals surface area contributed by atoms with Crippen molar-refractivity contribution in [1.82, 2.24) is 60.0 Å². The number of carbonyl (C=O) groups excluding carboxylic acids is 12. The second kappa shape index (κ2) is 35.6. The predicted octanol–water partition coefficient (Wildman–Crippen LogP) is 6.00. The van der Waals surface area contributed by atoms with Crippen molar-refractivity contribution in [1.29, 1.82) is 0 Å². The van der Waals surface area contributed by atoms with Crippen LogP contribution in [-0.2, 0) is 87.5 Å². The van der Waals surface area contributed by atoms with Crippen LogP contribution >= 0.6 is 11.6 Å². The number of benzene rings is 2. The highest BCUT2D eigenvalue weighted by atomic mass is 35.5. The van der Waals surface area contributed by atoms with Crippen LogP contribution < -0.4 is 16.0 Å². The fourth-order valence-corrected chi connectivity index (χ4v) is 16.0. The lowest BCUT2D eigenvalue weighted by Crippen LogP contribution is -2.65. The predicted molar refractivity (Wildman–Crippen MR) is 373 cm³/mol. The molecule has 10 atom stereocenters. The molecule has 3 unspecified atom stereocenters. The van der Waals surface area contributed by atoms with E-state index in [0.717, 1.165) is 109 Å². The Bertz CT molecular complexity index is 3640. The lowest BCUT2D eigenvalue weighted by Gasteiger charge is -2.44. The number of carbonyl (C=O) groups is 12. The number of alkyl halides is 9. The van der Waals surface area contributed by atoms with Crippen LogP contribution in [-0.4, -0.2) is 270 Å². The van der Waals surface area contributed by atoms with Gasteiger partial charge in [-0.05, 0) is 111 Å². The molecule has 25 nitrogen and oxygen atoms in total. The number of amides is 12. The first kappa shape index (κ1) is 85.3. The molecule has 2 aromatic rings. The minimum absolute atomic E-state index is 0.0136. The van der Waals surface area contributed by atoms with Crippen LogP contribution in [0.5, 0.6) is 0 Å². The Morgan fingerprint density at radius 1 is 0.611 bits per heavy atom. The van der Waals surface area contributed by atoms with Crippen LogP contribution in [0.2, 0.25) is 5.02 Å². The summed E-state index contributed by atoms with van der Waals surface area (Å²) in [6.07, 6.45) is -13.9. The minimum Gasteiger partial charge on any atom is -0.377 e. The summed E-state index contributed by atoms with van der Waals surface area (Å²) < 4.78 is 134. The van der Waals surface area contributed by atoms with E-state index >= 15 is 28.8 Å². The maximum absolute atomic E-state index is 15.9. The zero-order chi connectivity index (χ0) is 79.8. The van der Waals surface area contributed by atoms with Crippen molar-refractivity contribution in [2.24, 2.45) is 11.8 Å². The van der Waals surface area contributed by atoms with Crippen LogP contribution in [0.3, 0.4) is 0 Å². The monoisotopic (exact) mass is 1560 g/mol. The number of fused-ring (bicyclic) bond motifs is 3. The third-order valence-corrected chi connectivity index (χ3v) is 22.6. The highest BCUT2D eigenvalue weighted by Crippen LogP contribution is 2.40. The van der Waals surface area contributed by atoms with Gasteiger partial charge in [0.25, 0.3) is 0 Å². The second-order valence-corrected chi connectivity index (χ2v) is 30.2. The van der Waals surface area contributed by atoms with Crippen LogP contribution in [0, 0.1) is 11.8 Å². The third kappa shape index (κ3) is 20.4. The molecule has 12 amide bonds. The molecule has 6 aliphatic rings. The molecule has 598 valence electrons. The Hall–Kier alpha value is -8.30. The Morgan fingerprint density at radius 3 is 1.79 bits per heavy atom. The third-order valence-electron chi connectivity index (χ3n) is 22.3. The molecule has 4 aliphatic heterocycles. The van der Waals surface area contributed by atoms with Gasteiger partial charge in [-0.2, -0.15) is 39.5 Å². The summed E-state index contributed by atoms with van der Waals surface area (Å²) in [5, 5.41) is 7.29. The van der Waals surface area contributed by atoms with Crippen molar-refractivity contribution in [3.05, 3.63) is 69.7 Å². The van der Waals surface area contributed by atoms with E-state index in [4.69, 9.17) is 16.3 Å². The zero-order valence-electron chi connectivity index (χ0n) is 62.2. The van der Waals surface area contributed by atoms with Crippen LogP contribution in [0.25, 0.3) is 0 Å². The largest absolute Gasteiger partial charge is 0.417 e. The highest BCUT2D eigenvalue weighted by Gasteiger charge is 2.53. The molecular formula is C73H98ClF9N12O13. The average molecular weight is 1560 g/mol. The smallest absolute Gasteiger partial charge is 0.377 e.